The minimum absolute atomic E-state index is 0.138. The molecule has 2 fully saturated rings. The Morgan fingerprint density at radius 3 is 2.68 bits per heavy atom. The molecule has 2 unspecified atom stereocenters. The highest BCUT2D eigenvalue weighted by atomic mass is 16.6. The van der Waals surface area contributed by atoms with Gasteiger partial charge < -0.3 is 15.0 Å². The van der Waals surface area contributed by atoms with Crippen LogP contribution in [0.5, 0.6) is 0 Å². The van der Waals surface area contributed by atoms with Gasteiger partial charge in [0.15, 0.2) is 0 Å². The summed E-state index contributed by atoms with van der Waals surface area (Å²) in [7, 11) is 0. The van der Waals surface area contributed by atoms with Crippen LogP contribution in [0.2, 0.25) is 0 Å². The predicted molar refractivity (Wildman–Crippen MR) is 71.7 cm³/mol. The second-order valence-corrected chi connectivity index (χ2v) is 6.54. The van der Waals surface area contributed by atoms with Gasteiger partial charge in [-0.25, -0.2) is 4.79 Å². The highest BCUT2D eigenvalue weighted by Gasteiger charge is 2.34. The van der Waals surface area contributed by atoms with Crippen LogP contribution in [-0.4, -0.2) is 41.6 Å². The highest BCUT2D eigenvalue weighted by molar-refractivity contribution is 5.78. The molecule has 2 aliphatic heterocycles. The zero-order valence-corrected chi connectivity index (χ0v) is 12.1. The number of amides is 2. The molecule has 2 aliphatic rings. The average molecular weight is 268 g/mol. The Labute approximate surface area is 114 Å². The molecule has 2 atom stereocenters. The van der Waals surface area contributed by atoms with E-state index in [4.69, 9.17) is 4.74 Å². The molecule has 0 aromatic heterocycles. The molecule has 0 aliphatic carbocycles. The number of likely N-dealkylation sites (tertiary alicyclic amines) is 1. The zero-order valence-electron chi connectivity index (χ0n) is 12.1. The molecule has 0 bridgehead atoms. The molecule has 2 saturated heterocycles. The number of nitrogens with one attached hydrogen (secondary N) is 1. The van der Waals surface area contributed by atoms with Crippen LogP contribution in [0, 0.1) is 5.92 Å². The average Bonchev–Trinajstić information content (AvgIpc) is 2.74. The maximum absolute atomic E-state index is 12.1. The smallest absolute Gasteiger partial charge is 0.410 e. The summed E-state index contributed by atoms with van der Waals surface area (Å²) in [6.07, 6.45) is 3.33. The predicted octanol–water partition coefficient (Wildman–Crippen LogP) is 1.91. The molecule has 0 aromatic rings. The van der Waals surface area contributed by atoms with Crippen molar-refractivity contribution in [1.82, 2.24) is 10.2 Å². The summed E-state index contributed by atoms with van der Waals surface area (Å²) in [5, 5.41) is 3.01. The van der Waals surface area contributed by atoms with Gasteiger partial charge in [-0.1, -0.05) is 0 Å². The van der Waals surface area contributed by atoms with Crippen molar-refractivity contribution in [2.75, 3.05) is 13.1 Å². The Hall–Kier alpha value is -1.26. The highest BCUT2D eigenvalue weighted by Crippen LogP contribution is 2.26. The van der Waals surface area contributed by atoms with Gasteiger partial charge in [0.1, 0.15) is 5.60 Å². The van der Waals surface area contributed by atoms with Crippen LogP contribution in [-0.2, 0) is 9.53 Å². The number of rotatable bonds is 1. The molecule has 108 valence electrons. The lowest BCUT2D eigenvalue weighted by molar-refractivity contribution is -0.119. The van der Waals surface area contributed by atoms with Gasteiger partial charge in [-0.2, -0.15) is 0 Å². The summed E-state index contributed by atoms with van der Waals surface area (Å²) in [5.74, 6) is 0.507. The molecule has 2 heterocycles. The third-order valence-electron chi connectivity index (χ3n) is 3.71. The molecular formula is C14H24N2O3. The van der Waals surface area contributed by atoms with E-state index in [0.717, 1.165) is 25.8 Å². The minimum atomic E-state index is -0.453. The summed E-state index contributed by atoms with van der Waals surface area (Å²) < 4.78 is 5.41. The molecule has 0 saturated carbocycles. The SMILES string of the molecule is CC(C)(C)OC(=O)N1CCCC(C2CCC(=O)N2)C1. The molecule has 0 radical (unpaired) electrons. The Morgan fingerprint density at radius 1 is 1.37 bits per heavy atom. The van der Waals surface area contributed by atoms with E-state index in [1.807, 2.05) is 20.8 Å². The maximum Gasteiger partial charge on any atom is 0.410 e. The van der Waals surface area contributed by atoms with Gasteiger partial charge in [0.2, 0.25) is 5.91 Å². The van der Waals surface area contributed by atoms with Gasteiger partial charge in [-0.3, -0.25) is 4.79 Å². The minimum Gasteiger partial charge on any atom is -0.444 e. The van der Waals surface area contributed by atoms with Crippen LogP contribution in [0.15, 0.2) is 0 Å². The molecule has 0 spiro atoms. The number of ether oxygens (including phenoxy) is 1. The second-order valence-electron chi connectivity index (χ2n) is 6.54. The van der Waals surface area contributed by atoms with Crippen molar-refractivity contribution in [3.8, 4) is 0 Å². The topological polar surface area (TPSA) is 58.6 Å². The standard InChI is InChI=1S/C14H24N2O3/c1-14(2,3)19-13(18)16-8-4-5-10(9-16)11-6-7-12(17)15-11/h10-11H,4-9H2,1-3H3,(H,15,17). The Balaban J connectivity index is 1.90. The van der Waals surface area contributed by atoms with E-state index in [2.05, 4.69) is 5.32 Å². The van der Waals surface area contributed by atoms with E-state index in [9.17, 15) is 9.59 Å². The van der Waals surface area contributed by atoms with E-state index in [-0.39, 0.29) is 18.0 Å². The molecule has 0 aromatic carbocycles. The fourth-order valence-electron chi connectivity index (χ4n) is 2.82. The number of piperidine rings is 1. The number of carbonyl (C=O) groups is 2. The van der Waals surface area contributed by atoms with Gasteiger partial charge in [-0.05, 0) is 46.0 Å². The molecule has 5 nitrogen and oxygen atoms in total. The number of hydrogen-bond donors (Lipinski definition) is 1. The van der Waals surface area contributed by atoms with Crippen LogP contribution >= 0.6 is 0 Å². The van der Waals surface area contributed by atoms with E-state index >= 15 is 0 Å². The molecule has 2 rings (SSSR count). The molecule has 19 heavy (non-hydrogen) atoms. The second kappa shape index (κ2) is 5.39. The maximum atomic E-state index is 12.1. The first kappa shape index (κ1) is 14.2. The quantitative estimate of drug-likeness (QED) is 0.790. The lowest BCUT2D eigenvalue weighted by Gasteiger charge is -2.36. The molecule has 5 heteroatoms. The van der Waals surface area contributed by atoms with Crippen LogP contribution in [0.3, 0.4) is 0 Å². The van der Waals surface area contributed by atoms with Gasteiger partial charge in [-0.15, -0.1) is 0 Å². The Bertz CT molecular complexity index is 362. The van der Waals surface area contributed by atoms with Crippen molar-refractivity contribution in [3.63, 3.8) is 0 Å². The first-order valence-electron chi connectivity index (χ1n) is 7.12. The van der Waals surface area contributed by atoms with E-state index < -0.39 is 5.60 Å². The first-order valence-corrected chi connectivity index (χ1v) is 7.12. The van der Waals surface area contributed by atoms with Crippen LogP contribution in [0.25, 0.3) is 0 Å². The van der Waals surface area contributed by atoms with Gasteiger partial charge in [0.25, 0.3) is 0 Å². The van der Waals surface area contributed by atoms with Crippen molar-refractivity contribution >= 4 is 12.0 Å². The summed E-state index contributed by atoms with van der Waals surface area (Å²) in [6.45, 7) is 7.09. The lowest BCUT2D eigenvalue weighted by atomic mass is 9.90. The van der Waals surface area contributed by atoms with Crippen molar-refractivity contribution in [3.05, 3.63) is 0 Å². The number of carbonyl (C=O) groups excluding carboxylic acids is 2. The van der Waals surface area contributed by atoms with Gasteiger partial charge in [0, 0.05) is 25.6 Å². The van der Waals surface area contributed by atoms with Crippen molar-refractivity contribution < 1.29 is 14.3 Å². The Morgan fingerprint density at radius 2 is 2.11 bits per heavy atom. The van der Waals surface area contributed by atoms with Crippen LogP contribution in [0.4, 0.5) is 4.79 Å². The van der Waals surface area contributed by atoms with E-state index in [1.54, 1.807) is 4.90 Å². The molecule has 2 amide bonds. The van der Waals surface area contributed by atoms with Crippen molar-refractivity contribution in [2.24, 2.45) is 5.92 Å². The van der Waals surface area contributed by atoms with Crippen LogP contribution in [0.1, 0.15) is 46.5 Å². The summed E-state index contributed by atoms with van der Waals surface area (Å²) in [5.41, 5.74) is -0.453. The number of hydrogen-bond acceptors (Lipinski definition) is 3. The monoisotopic (exact) mass is 268 g/mol. The zero-order chi connectivity index (χ0) is 14.0. The fourth-order valence-corrected chi connectivity index (χ4v) is 2.82. The third kappa shape index (κ3) is 3.85. The van der Waals surface area contributed by atoms with Crippen LogP contribution < -0.4 is 5.32 Å². The van der Waals surface area contributed by atoms with E-state index in [1.165, 1.54) is 0 Å². The normalized spacial score (nSPS) is 28.2. The van der Waals surface area contributed by atoms with Crippen molar-refractivity contribution in [2.45, 2.75) is 58.1 Å². The van der Waals surface area contributed by atoms with Gasteiger partial charge >= 0.3 is 6.09 Å². The molecule has 1 N–H and O–H groups in total. The summed E-state index contributed by atoms with van der Waals surface area (Å²) >= 11 is 0. The van der Waals surface area contributed by atoms with Gasteiger partial charge in [0.05, 0.1) is 0 Å². The summed E-state index contributed by atoms with van der Waals surface area (Å²) in [4.78, 5) is 25.1. The lowest BCUT2D eigenvalue weighted by Crippen LogP contribution is -2.47. The first-order chi connectivity index (χ1) is 8.85. The van der Waals surface area contributed by atoms with Crippen molar-refractivity contribution in [1.29, 1.82) is 0 Å². The third-order valence-corrected chi connectivity index (χ3v) is 3.71. The Kier molecular flexibility index (Phi) is 4.02. The largest absolute Gasteiger partial charge is 0.444 e. The van der Waals surface area contributed by atoms with E-state index in [0.29, 0.717) is 18.9 Å². The number of nitrogens with zero attached hydrogens (tertiary/aromatic N) is 1. The fraction of sp³-hybridized carbons (Fsp3) is 0.857. The summed E-state index contributed by atoms with van der Waals surface area (Å²) in [6, 6.07) is 0.234. The molecular weight excluding hydrogens is 244 g/mol.